The van der Waals surface area contributed by atoms with E-state index in [0.717, 1.165) is 34.4 Å². The van der Waals surface area contributed by atoms with Gasteiger partial charge < -0.3 is 19.3 Å². The van der Waals surface area contributed by atoms with Crippen LogP contribution in [0.5, 0.6) is 23.0 Å². The monoisotopic (exact) mass is 674 g/mol. The van der Waals surface area contributed by atoms with E-state index in [1.165, 1.54) is 76.4 Å². The van der Waals surface area contributed by atoms with E-state index in [1.54, 1.807) is 0 Å². The van der Waals surface area contributed by atoms with Crippen molar-refractivity contribution in [3.63, 3.8) is 0 Å². The summed E-state index contributed by atoms with van der Waals surface area (Å²) in [5.41, 5.74) is 16.9. The topological polar surface area (TPSA) is 24.9 Å². The second-order valence-corrected chi connectivity index (χ2v) is 15.5. The molecule has 0 spiro atoms. The van der Waals surface area contributed by atoms with Gasteiger partial charge in [0.05, 0.1) is 5.69 Å². The summed E-state index contributed by atoms with van der Waals surface area (Å²) < 4.78 is 15.3. The van der Waals surface area contributed by atoms with Gasteiger partial charge in [0.2, 0.25) is 0 Å². The molecule has 0 fully saturated rings. The number of para-hydroxylation sites is 3. The minimum absolute atomic E-state index is 0.00961. The van der Waals surface area contributed by atoms with E-state index in [4.69, 9.17) is 9.47 Å². The lowest BCUT2D eigenvalue weighted by Crippen LogP contribution is -2.63. The fourth-order valence-corrected chi connectivity index (χ4v) is 10.3. The minimum Gasteiger partial charge on any atom is -0.458 e. The van der Waals surface area contributed by atoms with Gasteiger partial charge in [-0.05, 0) is 126 Å². The highest BCUT2D eigenvalue weighted by atomic mass is 32.1. The van der Waals surface area contributed by atoms with E-state index in [2.05, 4.69) is 159 Å². The van der Waals surface area contributed by atoms with Gasteiger partial charge in [0.25, 0.3) is 13.4 Å². The predicted octanol–water partition coefficient (Wildman–Crippen LogP) is 7.79. The SMILES string of the molecule is Cc1cc2c3c(c1)N(c1ccccc1)c1ccccc1B3c1cc3c(cc1O2)Oc1cc(C)cc2c1B3c1sc(C)c(C)c1N2c1ccccc1. The minimum atomic E-state index is 0.00961. The molecule has 0 bridgehead atoms. The Hall–Kier alpha value is -5.65. The van der Waals surface area contributed by atoms with E-state index in [9.17, 15) is 0 Å². The fraction of sp³-hybridized carbons (Fsp3) is 0.0909. The lowest BCUT2D eigenvalue weighted by atomic mass is 9.32. The molecular formula is C44H32B2N2O2S. The summed E-state index contributed by atoms with van der Waals surface area (Å²) >= 11 is 1.92. The van der Waals surface area contributed by atoms with Crippen LogP contribution in [0.15, 0.2) is 121 Å². The Labute approximate surface area is 302 Å². The smallest absolute Gasteiger partial charge is 0.268 e. The molecule has 51 heavy (non-hydrogen) atoms. The number of ether oxygens (including phenoxy) is 2. The predicted molar refractivity (Wildman–Crippen MR) is 215 cm³/mol. The Morgan fingerprint density at radius 2 is 1.04 bits per heavy atom. The van der Waals surface area contributed by atoms with Crippen molar-refractivity contribution in [1.29, 1.82) is 0 Å². The molecule has 0 unspecified atom stereocenters. The summed E-state index contributed by atoms with van der Waals surface area (Å²) in [6, 6.07) is 44.0. The third-order valence-corrected chi connectivity index (χ3v) is 12.4. The number of benzene rings is 6. The molecule has 5 heterocycles. The summed E-state index contributed by atoms with van der Waals surface area (Å²) in [6.07, 6.45) is 0. The summed E-state index contributed by atoms with van der Waals surface area (Å²) in [7, 11) is 0. The van der Waals surface area contributed by atoms with E-state index >= 15 is 0 Å². The average molecular weight is 674 g/mol. The van der Waals surface area contributed by atoms with Crippen molar-refractivity contribution in [2.24, 2.45) is 0 Å². The highest BCUT2D eigenvalue weighted by molar-refractivity contribution is 7.29. The fourth-order valence-electron chi connectivity index (χ4n) is 8.98. The molecule has 7 aromatic rings. The second-order valence-electron chi connectivity index (χ2n) is 14.3. The van der Waals surface area contributed by atoms with Crippen LogP contribution < -0.4 is 51.4 Å². The van der Waals surface area contributed by atoms with Crippen LogP contribution in [-0.4, -0.2) is 13.4 Å². The van der Waals surface area contributed by atoms with Gasteiger partial charge in [0.1, 0.15) is 23.0 Å². The third kappa shape index (κ3) is 3.98. The molecule has 6 aromatic carbocycles. The number of hydrogen-bond acceptors (Lipinski definition) is 5. The van der Waals surface area contributed by atoms with Crippen LogP contribution >= 0.6 is 11.3 Å². The molecule has 4 aliphatic rings. The molecule has 0 aliphatic carbocycles. The van der Waals surface area contributed by atoms with Crippen LogP contribution in [0, 0.1) is 27.7 Å². The highest BCUT2D eigenvalue weighted by Crippen LogP contribution is 2.46. The number of hydrogen-bond donors (Lipinski definition) is 0. The summed E-state index contributed by atoms with van der Waals surface area (Å²) in [5, 5.41) is 0. The Kier molecular flexibility index (Phi) is 5.96. The highest BCUT2D eigenvalue weighted by Gasteiger charge is 2.47. The van der Waals surface area contributed by atoms with Crippen LogP contribution in [0.4, 0.5) is 34.1 Å². The number of nitrogens with zero attached hydrogens (tertiary/aromatic N) is 2. The molecule has 7 heteroatoms. The maximum atomic E-state index is 6.96. The van der Waals surface area contributed by atoms with Gasteiger partial charge >= 0.3 is 0 Å². The van der Waals surface area contributed by atoms with Crippen molar-refractivity contribution in [3.05, 3.63) is 143 Å². The second kappa shape index (κ2) is 10.4. The first-order chi connectivity index (χ1) is 24.9. The van der Waals surface area contributed by atoms with E-state index < -0.39 is 0 Å². The van der Waals surface area contributed by atoms with Crippen molar-refractivity contribution in [1.82, 2.24) is 0 Å². The molecule has 0 N–H and O–H groups in total. The van der Waals surface area contributed by atoms with Crippen molar-refractivity contribution in [3.8, 4) is 23.0 Å². The number of fused-ring (bicyclic) bond motifs is 8. The average Bonchev–Trinajstić information content (AvgIpc) is 3.43. The van der Waals surface area contributed by atoms with Gasteiger partial charge in [-0.25, -0.2) is 0 Å². The Bertz CT molecular complexity index is 2620. The third-order valence-electron chi connectivity index (χ3n) is 11.2. The molecule has 0 radical (unpaired) electrons. The quantitative estimate of drug-likeness (QED) is 0.175. The zero-order valence-electron chi connectivity index (χ0n) is 28.8. The molecule has 0 saturated carbocycles. The number of thiophene rings is 1. The maximum absolute atomic E-state index is 6.96. The Balaban J connectivity index is 1.17. The van der Waals surface area contributed by atoms with Crippen molar-refractivity contribution in [2.75, 3.05) is 9.80 Å². The first kappa shape index (κ1) is 29.1. The van der Waals surface area contributed by atoms with Crippen molar-refractivity contribution < 1.29 is 9.47 Å². The van der Waals surface area contributed by atoms with Gasteiger partial charge in [0, 0.05) is 44.2 Å². The molecule has 242 valence electrons. The number of anilines is 6. The Morgan fingerprint density at radius 3 is 1.71 bits per heavy atom. The summed E-state index contributed by atoms with van der Waals surface area (Å²) in [5.74, 6) is 3.57. The van der Waals surface area contributed by atoms with Gasteiger partial charge in [-0.3, -0.25) is 0 Å². The van der Waals surface area contributed by atoms with E-state index in [1.807, 2.05) is 11.3 Å². The van der Waals surface area contributed by atoms with Gasteiger partial charge in [0.15, 0.2) is 0 Å². The van der Waals surface area contributed by atoms with Crippen molar-refractivity contribution in [2.45, 2.75) is 27.7 Å². The van der Waals surface area contributed by atoms with Crippen LogP contribution in [0.2, 0.25) is 0 Å². The lowest BCUT2D eigenvalue weighted by molar-refractivity contribution is 0.465. The first-order valence-corrected chi connectivity index (χ1v) is 18.5. The largest absolute Gasteiger partial charge is 0.458 e. The van der Waals surface area contributed by atoms with Gasteiger partial charge in [-0.2, -0.15) is 11.3 Å². The molecule has 4 aliphatic heterocycles. The summed E-state index contributed by atoms with van der Waals surface area (Å²) in [4.78, 5) is 6.21. The molecule has 0 amide bonds. The molecular weight excluding hydrogens is 642 g/mol. The standard InChI is InChI=1S/C44H32B2N2O2S/c1-25-19-35-41-39(21-25)49-37-24-38-33(23-32(37)45(41)31-17-11-12-18-34(31)47(35)29-13-7-5-8-14-29)46-42-36(20-26(2)22-40(42)50-38)48(30-15-9-6-10-16-30)43-27(3)28(4)51-44(43)46/h5-24H,1-4H3. The van der Waals surface area contributed by atoms with Gasteiger partial charge in [-0.1, -0.05) is 60.7 Å². The molecule has 0 saturated heterocycles. The van der Waals surface area contributed by atoms with E-state index in [-0.39, 0.29) is 13.4 Å². The molecule has 0 atom stereocenters. The maximum Gasteiger partial charge on any atom is 0.268 e. The normalized spacial score (nSPS) is 14.0. The zero-order valence-corrected chi connectivity index (χ0v) is 29.6. The van der Waals surface area contributed by atoms with E-state index in [0.29, 0.717) is 0 Å². The first-order valence-electron chi connectivity index (χ1n) is 17.7. The lowest BCUT2D eigenvalue weighted by Gasteiger charge is -2.42. The van der Waals surface area contributed by atoms with Crippen molar-refractivity contribution >= 4 is 91.0 Å². The number of aryl methyl sites for hydroxylation is 3. The van der Waals surface area contributed by atoms with Crippen LogP contribution in [-0.2, 0) is 0 Å². The Morgan fingerprint density at radius 1 is 0.490 bits per heavy atom. The van der Waals surface area contributed by atoms with Crippen LogP contribution in [0.25, 0.3) is 0 Å². The van der Waals surface area contributed by atoms with Crippen LogP contribution in [0.1, 0.15) is 21.6 Å². The molecule has 1 aromatic heterocycles. The van der Waals surface area contributed by atoms with Crippen LogP contribution in [0.3, 0.4) is 0 Å². The zero-order chi connectivity index (χ0) is 34.1. The number of rotatable bonds is 2. The molecule has 11 rings (SSSR count). The van der Waals surface area contributed by atoms with Gasteiger partial charge in [-0.15, -0.1) is 0 Å². The summed E-state index contributed by atoms with van der Waals surface area (Å²) in [6.45, 7) is 8.91. The molecule has 4 nitrogen and oxygen atoms in total.